The number of rotatable bonds is 4. The van der Waals surface area contributed by atoms with Gasteiger partial charge in [-0.3, -0.25) is 0 Å². The van der Waals surface area contributed by atoms with E-state index < -0.39 is 0 Å². The van der Waals surface area contributed by atoms with Crippen molar-refractivity contribution >= 4 is 0 Å². The second-order valence-electron chi connectivity index (χ2n) is 4.55. The molecule has 3 nitrogen and oxygen atoms in total. The highest BCUT2D eigenvalue weighted by Gasteiger charge is 2.24. The number of hydrogen-bond donors (Lipinski definition) is 1. The van der Waals surface area contributed by atoms with Gasteiger partial charge in [0.15, 0.2) is 0 Å². The Kier molecular flexibility index (Phi) is 3.89. The van der Waals surface area contributed by atoms with E-state index in [-0.39, 0.29) is 0 Å². The van der Waals surface area contributed by atoms with E-state index >= 15 is 0 Å². The number of hydrogen-bond acceptors (Lipinski definition) is 3. The molecule has 1 aliphatic carbocycles. The molecule has 94 valence electrons. The lowest BCUT2D eigenvalue weighted by molar-refractivity contribution is 0.380. The van der Waals surface area contributed by atoms with E-state index in [1.165, 1.54) is 24.0 Å². The van der Waals surface area contributed by atoms with Crippen LogP contribution in [0.25, 0.3) is 0 Å². The lowest BCUT2D eigenvalue weighted by Gasteiger charge is -2.27. The van der Waals surface area contributed by atoms with Crippen molar-refractivity contribution in [3.05, 3.63) is 23.3 Å². The summed E-state index contributed by atoms with van der Waals surface area (Å²) in [5, 5.41) is 3.27. The molecule has 3 heteroatoms. The molecular weight excluding hydrogens is 214 g/mol. The first-order valence-electron chi connectivity index (χ1n) is 6.19. The maximum Gasteiger partial charge on any atom is 0.126 e. The molecule has 17 heavy (non-hydrogen) atoms. The summed E-state index contributed by atoms with van der Waals surface area (Å²) < 4.78 is 10.8. The quantitative estimate of drug-likeness (QED) is 0.869. The summed E-state index contributed by atoms with van der Waals surface area (Å²) in [6, 6.07) is 4.15. The van der Waals surface area contributed by atoms with Crippen LogP contribution in [0.5, 0.6) is 11.5 Å². The molecule has 0 heterocycles. The normalized spacial score (nSPS) is 18.6. The Balaban J connectivity index is 2.44. The van der Waals surface area contributed by atoms with Gasteiger partial charge < -0.3 is 14.8 Å². The van der Waals surface area contributed by atoms with Gasteiger partial charge in [0.05, 0.1) is 14.2 Å². The Morgan fingerprint density at radius 3 is 2.76 bits per heavy atom. The minimum atomic E-state index is 0.560. The molecule has 0 radical (unpaired) electrons. The number of fused-ring (bicyclic) bond motifs is 1. The van der Waals surface area contributed by atoms with Crippen LogP contribution in [0.4, 0.5) is 0 Å². The van der Waals surface area contributed by atoms with Gasteiger partial charge in [-0.25, -0.2) is 0 Å². The molecule has 1 N–H and O–H groups in total. The van der Waals surface area contributed by atoms with Gasteiger partial charge in [-0.15, -0.1) is 0 Å². The van der Waals surface area contributed by atoms with Gasteiger partial charge in [0.2, 0.25) is 0 Å². The average molecular weight is 235 g/mol. The third-order valence-corrected chi connectivity index (χ3v) is 3.51. The van der Waals surface area contributed by atoms with E-state index in [4.69, 9.17) is 9.47 Å². The topological polar surface area (TPSA) is 30.5 Å². The van der Waals surface area contributed by atoms with Gasteiger partial charge in [0.25, 0.3) is 0 Å². The first-order chi connectivity index (χ1) is 8.30. The smallest absolute Gasteiger partial charge is 0.126 e. The second-order valence-corrected chi connectivity index (χ2v) is 4.55. The molecule has 2 rings (SSSR count). The fourth-order valence-electron chi connectivity index (χ4n) is 2.75. The molecule has 0 saturated heterocycles. The summed E-state index contributed by atoms with van der Waals surface area (Å²) in [6.07, 6.45) is 3.61. The summed E-state index contributed by atoms with van der Waals surface area (Å²) >= 11 is 0. The van der Waals surface area contributed by atoms with E-state index in [1.54, 1.807) is 14.2 Å². The van der Waals surface area contributed by atoms with Crippen LogP contribution in [-0.2, 0) is 6.42 Å². The van der Waals surface area contributed by atoms with Gasteiger partial charge in [0, 0.05) is 24.1 Å². The summed E-state index contributed by atoms with van der Waals surface area (Å²) in [6.45, 7) is 1.01. The van der Waals surface area contributed by atoms with Crippen molar-refractivity contribution in [2.75, 3.05) is 27.8 Å². The molecule has 0 saturated carbocycles. The maximum absolute atomic E-state index is 5.52. The molecule has 0 fully saturated rings. The van der Waals surface area contributed by atoms with Crippen molar-refractivity contribution in [2.24, 2.45) is 0 Å². The van der Waals surface area contributed by atoms with Crippen LogP contribution in [0, 0.1) is 0 Å². The lowest BCUT2D eigenvalue weighted by Crippen LogP contribution is -2.22. The zero-order valence-electron chi connectivity index (χ0n) is 10.9. The maximum atomic E-state index is 5.52. The van der Waals surface area contributed by atoms with E-state index in [9.17, 15) is 0 Å². The molecule has 1 atom stereocenters. The minimum Gasteiger partial charge on any atom is -0.497 e. The van der Waals surface area contributed by atoms with E-state index in [1.807, 2.05) is 13.1 Å². The van der Waals surface area contributed by atoms with Crippen LogP contribution in [0.15, 0.2) is 12.1 Å². The monoisotopic (exact) mass is 235 g/mol. The molecule has 1 unspecified atom stereocenters. The molecule has 0 aliphatic heterocycles. The van der Waals surface area contributed by atoms with Crippen LogP contribution in [-0.4, -0.2) is 27.8 Å². The van der Waals surface area contributed by atoms with Gasteiger partial charge in [-0.05, 0) is 37.9 Å². The zero-order valence-corrected chi connectivity index (χ0v) is 10.9. The van der Waals surface area contributed by atoms with Crippen LogP contribution < -0.4 is 14.8 Å². The Morgan fingerprint density at radius 2 is 2.12 bits per heavy atom. The van der Waals surface area contributed by atoms with Gasteiger partial charge in [-0.1, -0.05) is 0 Å². The van der Waals surface area contributed by atoms with Crippen molar-refractivity contribution in [3.63, 3.8) is 0 Å². The molecule has 0 bridgehead atoms. The summed E-state index contributed by atoms with van der Waals surface area (Å²) in [5.41, 5.74) is 2.75. The number of nitrogens with one attached hydrogen (secondary N) is 1. The summed E-state index contributed by atoms with van der Waals surface area (Å²) in [4.78, 5) is 0. The standard InChI is InChI=1S/C14H21NO2/c1-15-9-11-6-4-5-10-7-12(16-2)8-13(17-3)14(10)11/h7-8,11,15H,4-6,9H2,1-3H3. The van der Waals surface area contributed by atoms with Crippen LogP contribution >= 0.6 is 0 Å². The highest BCUT2D eigenvalue weighted by Crippen LogP contribution is 2.40. The van der Waals surface area contributed by atoms with Gasteiger partial charge in [0.1, 0.15) is 11.5 Å². The molecule has 0 amide bonds. The van der Waals surface area contributed by atoms with Crippen molar-refractivity contribution in [3.8, 4) is 11.5 Å². The van der Waals surface area contributed by atoms with Gasteiger partial charge in [-0.2, -0.15) is 0 Å². The number of ether oxygens (including phenoxy) is 2. The predicted octanol–water partition coefficient (Wildman–Crippen LogP) is 2.34. The second kappa shape index (κ2) is 5.41. The van der Waals surface area contributed by atoms with E-state index in [2.05, 4.69) is 11.4 Å². The predicted molar refractivity (Wildman–Crippen MR) is 69.2 cm³/mol. The zero-order chi connectivity index (χ0) is 12.3. The molecule has 1 aliphatic rings. The molecular formula is C14H21NO2. The third kappa shape index (κ3) is 2.39. The fourth-order valence-corrected chi connectivity index (χ4v) is 2.75. The number of likely N-dealkylation sites (N-methyl/N-ethyl adjacent to an activating group) is 1. The van der Waals surface area contributed by atoms with Crippen LogP contribution in [0.3, 0.4) is 0 Å². The highest BCUT2D eigenvalue weighted by molar-refractivity contribution is 5.49. The first-order valence-corrected chi connectivity index (χ1v) is 6.19. The number of methoxy groups -OCH3 is 2. The molecule has 0 spiro atoms. The Morgan fingerprint density at radius 1 is 1.29 bits per heavy atom. The van der Waals surface area contributed by atoms with Crippen molar-refractivity contribution < 1.29 is 9.47 Å². The van der Waals surface area contributed by atoms with E-state index in [0.717, 1.165) is 24.5 Å². The summed E-state index contributed by atoms with van der Waals surface area (Å²) in [7, 11) is 5.44. The Labute approximate surface area is 103 Å². The Bertz CT molecular complexity index is 373. The molecule has 0 aromatic heterocycles. The van der Waals surface area contributed by atoms with Crippen molar-refractivity contribution in [1.29, 1.82) is 0 Å². The number of benzene rings is 1. The van der Waals surface area contributed by atoms with Crippen LogP contribution in [0.1, 0.15) is 29.9 Å². The van der Waals surface area contributed by atoms with Crippen molar-refractivity contribution in [1.82, 2.24) is 5.32 Å². The number of aryl methyl sites for hydroxylation is 1. The lowest BCUT2D eigenvalue weighted by atomic mass is 9.82. The fraction of sp³-hybridized carbons (Fsp3) is 0.571. The van der Waals surface area contributed by atoms with E-state index in [0.29, 0.717) is 5.92 Å². The first kappa shape index (κ1) is 12.2. The minimum absolute atomic E-state index is 0.560. The highest BCUT2D eigenvalue weighted by atomic mass is 16.5. The summed E-state index contributed by atoms with van der Waals surface area (Å²) in [5.74, 6) is 2.43. The average Bonchev–Trinajstić information content (AvgIpc) is 2.38. The van der Waals surface area contributed by atoms with Crippen molar-refractivity contribution in [2.45, 2.75) is 25.2 Å². The Hall–Kier alpha value is -1.22. The largest absolute Gasteiger partial charge is 0.497 e. The molecule has 1 aromatic rings. The van der Waals surface area contributed by atoms with Crippen LogP contribution in [0.2, 0.25) is 0 Å². The third-order valence-electron chi connectivity index (χ3n) is 3.51. The van der Waals surface area contributed by atoms with Gasteiger partial charge >= 0.3 is 0 Å². The molecule has 1 aromatic carbocycles. The SMILES string of the molecule is CNCC1CCCc2cc(OC)cc(OC)c21.